The lowest BCUT2D eigenvalue weighted by molar-refractivity contribution is -0.147. The first-order valence-corrected chi connectivity index (χ1v) is 11.1. The Labute approximate surface area is 159 Å². The van der Waals surface area contributed by atoms with Gasteiger partial charge in [-0.25, -0.2) is 0 Å². The van der Waals surface area contributed by atoms with E-state index in [-0.39, 0.29) is 17.4 Å². The molecule has 0 unspecified atom stereocenters. The van der Waals surface area contributed by atoms with E-state index in [1.165, 1.54) is 30.6 Å². The highest BCUT2D eigenvalue weighted by molar-refractivity contribution is 7.12. The van der Waals surface area contributed by atoms with Gasteiger partial charge in [-0.2, -0.15) is 0 Å². The number of hydrogen-bond acceptors (Lipinski definition) is 3. The van der Waals surface area contributed by atoms with Crippen LogP contribution in [-0.4, -0.2) is 35.8 Å². The van der Waals surface area contributed by atoms with Crippen LogP contribution in [0, 0.1) is 23.2 Å². The highest BCUT2D eigenvalue weighted by atomic mass is 32.1. The number of piperidine rings is 1. The Hall–Kier alpha value is -1.36. The second-order valence-electron chi connectivity index (χ2n) is 9.22. The molecule has 0 aromatic carbocycles. The van der Waals surface area contributed by atoms with Crippen molar-refractivity contribution in [2.75, 3.05) is 13.1 Å². The molecule has 140 valence electrons. The molecule has 1 aromatic rings. The summed E-state index contributed by atoms with van der Waals surface area (Å²) >= 11 is 1.51. The maximum absolute atomic E-state index is 13.2. The predicted molar refractivity (Wildman–Crippen MR) is 102 cm³/mol. The smallest absolute Gasteiger partial charge is 0.263 e. The van der Waals surface area contributed by atoms with Gasteiger partial charge < -0.3 is 10.2 Å². The number of nitrogens with one attached hydrogen (secondary N) is 1. The van der Waals surface area contributed by atoms with E-state index in [1.807, 2.05) is 22.4 Å². The topological polar surface area (TPSA) is 49.4 Å². The number of thiophene rings is 1. The van der Waals surface area contributed by atoms with Gasteiger partial charge in [0.25, 0.3) is 5.91 Å². The van der Waals surface area contributed by atoms with Crippen molar-refractivity contribution in [2.24, 2.45) is 23.2 Å². The quantitative estimate of drug-likeness (QED) is 0.880. The van der Waals surface area contributed by atoms with Gasteiger partial charge in [-0.15, -0.1) is 11.3 Å². The zero-order valence-corrected chi connectivity index (χ0v) is 16.1. The van der Waals surface area contributed by atoms with Crippen molar-refractivity contribution in [3.05, 3.63) is 22.4 Å². The monoisotopic (exact) mass is 372 g/mol. The van der Waals surface area contributed by atoms with Crippen LogP contribution in [0.4, 0.5) is 0 Å². The SMILES string of the molecule is O=C(c1cccs1)N1CCC(NC(=O)C23CC4CC(CC(C4)C2)C3)CC1. The third kappa shape index (κ3) is 2.88. The van der Waals surface area contributed by atoms with Crippen LogP contribution < -0.4 is 5.32 Å². The van der Waals surface area contributed by atoms with Crippen molar-refractivity contribution in [3.63, 3.8) is 0 Å². The lowest BCUT2D eigenvalue weighted by Crippen LogP contribution is -2.56. The molecule has 1 saturated heterocycles. The Balaban J connectivity index is 1.18. The van der Waals surface area contributed by atoms with Crippen molar-refractivity contribution >= 4 is 23.2 Å². The van der Waals surface area contributed by atoms with Crippen LogP contribution in [0.15, 0.2) is 17.5 Å². The molecule has 2 amide bonds. The molecule has 4 bridgehead atoms. The van der Waals surface area contributed by atoms with Crippen LogP contribution in [0.2, 0.25) is 0 Å². The molecular weight excluding hydrogens is 344 g/mol. The van der Waals surface area contributed by atoms with Crippen molar-refractivity contribution in [3.8, 4) is 0 Å². The Bertz CT molecular complexity index is 656. The van der Waals surface area contributed by atoms with E-state index in [2.05, 4.69) is 5.32 Å². The number of likely N-dealkylation sites (tertiary alicyclic amines) is 1. The molecule has 2 heterocycles. The zero-order chi connectivity index (χ0) is 17.7. The fourth-order valence-electron chi connectivity index (χ4n) is 6.51. The highest BCUT2D eigenvalue weighted by Crippen LogP contribution is 2.60. The van der Waals surface area contributed by atoms with E-state index >= 15 is 0 Å². The van der Waals surface area contributed by atoms with Gasteiger partial charge in [-0.1, -0.05) is 6.07 Å². The fourth-order valence-corrected chi connectivity index (χ4v) is 7.20. The summed E-state index contributed by atoms with van der Waals surface area (Å²) in [6, 6.07) is 4.06. The normalized spacial score (nSPS) is 36.3. The average molecular weight is 373 g/mol. The summed E-state index contributed by atoms with van der Waals surface area (Å²) in [6.45, 7) is 1.51. The van der Waals surface area contributed by atoms with Crippen LogP contribution in [-0.2, 0) is 4.79 Å². The summed E-state index contributed by atoms with van der Waals surface area (Å²) in [6.07, 6.45) is 9.26. The maximum Gasteiger partial charge on any atom is 0.263 e. The summed E-state index contributed by atoms with van der Waals surface area (Å²) < 4.78 is 0. The number of carbonyl (C=O) groups is 2. The van der Waals surface area contributed by atoms with Gasteiger partial charge in [0.15, 0.2) is 0 Å². The van der Waals surface area contributed by atoms with Crippen molar-refractivity contribution in [2.45, 2.75) is 57.4 Å². The van der Waals surface area contributed by atoms with Gasteiger partial charge in [-0.3, -0.25) is 9.59 Å². The van der Waals surface area contributed by atoms with E-state index in [1.54, 1.807) is 0 Å². The van der Waals surface area contributed by atoms with Gasteiger partial charge in [0.1, 0.15) is 0 Å². The van der Waals surface area contributed by atoms with E-state index in [4.69, 9.17) is 0 Å². The van der Waals surface area contributed by atoms with E-state index in [9.17, 15) is 9.59 Å². The number of rotatable bonds is 3. The summed E-state index contributed by atoms with van der Waals surface area (Å²) in [4.78, 5) is 28.4. The maximum atomic E-state index is 13.2. The van der Waals surface area contributed by atoms with E-state index < -0.39 is 0 Å². The molecule has 6 rings (SSSR count). The molecule has 0 radical (unpaired) electrons. The Morgan fingerprint density at radius 1 is 1.04 bits per heavy atom. The molecule has 0 atom stereocenters. The van der Waals surface area contributed by atoms with Crippen LogP contribution in [0.5, 0.6) is 0 Å². The van der Waals surface area contributed by atoms with Crippen LogP contribution in [0.25, 0.3) is 0 Å². The first kappa shape index (κ1) is 16.8. The summed E-state index contributed by atoms with van der Waals surface area (Å²) in [5, 5.41) is 5.35. The number of nitrogens with zero attached hydrogens (tertiary/aromatic N) is 1. The Morgan fingerprint density at radius 2 is 1.65 bits per heavy atom. The van der Waals surface area contributed by atoms with Gasteiger partial charge in [0, 0.05) is 24.5 Å². The highest BCUT2D eigenvalue weighted by Gasteiger charge is 2.54. The molecule has 4 aliphatic carbocycles. The molecule has 1 N–H and O–H groups in total. The Kier molecular flexibility index (Phi) is 4.11. The third-order valence-corrected chi connectivity index (χ3v) is 8.23. The molecule has 5 heteroatoms. The van der Waals surface area contributed by atoms with E-state index in [0.29, 0.717) is 5.91 Å². The van der Waals surface area contributed by atoms with Crippen LogP contribution >= 0.6 is 11.3 Å². The van der Waals surface area contributed by atoms with Gasteiger partial charge in [0.05, 0.1) is 4.88 Å². The van der Waals surface area contributed by atoms with Crippen molar-refractivity contribution < 1.29 is 9.59 Å². The number of carbonyl (C=O) groups excluding carboxylic acids is 2. The van der Waals surface area contributed by atoms with Gasteiger partial charge >= 0.3 is 0 Å². The molecule has 1 aliphatic heterocycles. The van der Waals surface area contributed by atoms with Gasteiger partial charge in [0.2, 0.25) is 5.91 Å². The average Bonchev–Trinajstić information content (AvgIpc) is 3.15. The number of hydrogen-bond donors (Lipinski definition) is 1. The summed E-state index contributed by atoms with van der Waals surface area (Å²) in [5.74, 6) is 2.89. The lowest BCUT2D eigenvalue weighted by Gasteiger charge is -2.56. The second kappa shape index (κ2) is 6.36. The fraction of sp³-hybridized carbons (Fsp3) is 0.714. The standard InChI is InChI=1S/C21H28N2O2S/c24-19(18-2-1-7-26-18)23-5-3-17(4-6-23)22-20(25)21-11-14-8-15(12-21)10-16(9-14)13-21/h1-2,7,14-17H,3-6,8-13H2,(H,22,25). The second-order valence-corrected chi connectivity index (χ2v) is 10.2. The molecule has 5 aliphatic rings. The molecule has 4 nitrogen and oxygen atoms in total. The summed E-state index contributed by atoms with van der Waals surface area (Å²) in [5.41, 5.74) is -0.0569. The molecule has 5 fully saturated rings. The first-order valence-electron chi connectivity index (χ1n) is 10.2. The minimum Gasteiger partial charge on any atom is -0.353 e. The lowest BCUT2D eigenvalue weighted by atomic mass is 9.49. The molecule has 1 aromatic heterocycles. The Morgan fingerprint density at radius 3 is 2.19 bits per heavy atom. The summed E-state index contributed by atoms with van der Waals surface area (Å²) in [7, 11) is 0. The minimum atomic E-state index is -0.0569. The third-order valence-electron chi connectivity index (χ3n) is 7.37. The van der Waals surface area contributed by atoms with E-state index in [0.717, 1.165) is 67.8 Å². The first-order chi connectivity index (χ1) is 12.6. The predicted octanol–water partition coefficient (Wildman–Crippen LogP) is 3.69. The minimum absolute atomic E-state index is 0.0569. The van der Waals surface area contributed by atoms with Crippen LogP contribution in [0.3, 0.4) is 0 Å². The largest absolute Gasteiger partial charge is 0.353 e. The van der Waals surface area contributed by atoms with Crippen molar-refractivity contribution in [1.29, 1.82) is 0 Å². The molecule has 0 spiro atoms. The zero-order valence-electron chi connectivity index (χ0n) is 15.3. The van der Waals surface area contributed by atoms with Crippen molar-refractivity contribution in [1.82, 2.24) is 10.2 Å². The molecule has 4 saturated carbocycles. The van der Waals surface area contributed by atoms with Crippen LogP contribution in [0.1, 0.15) is 61.0 Å². The van der Waals surface area contributed by atoms with Gasteiger partial charge in [-0.05, 0) is 80.6 Å². The number of amides is 2. The molecule has 26 heavy (non-hydrogen) atoms. The molecular formula is C21H28N2O2S.